The second kappa shape index (κ2) is 9.49. The van der Waals surface area contributed by atoms with Crippen molar-refractivity contribution in [3.63, 3.8) is 0 Å². The van der Waals surface area contributed by atoms with Crippen LogP contribution in [0.2, 0.25) is 5.15 Å². The molecule has 3 aromatic rings. The van der Waals surface area contributed by atoms with E-state index in [-0.39, 0.29) is 5.97 Å². The van der Waals surface area contributed by atoms with Crippen LogP contribution in [-0.4, -0.2) is 53.5 Å². The number of halogens is 1. The number of esters is 1. The number of benzene rings is 2. The maximum atomic E-state index is 11.3. The van der Waals surface area contributed by atoms with Gasteiger partial charge in [-0.05, 0) is 68.8 Å². The van der Waals surface area contributed by atoms with E-state index in [0.717, 1.165) is 54.7 Å². The lowest BCUT2D eigenvalue weighted by molar-refractivity contribution is -0.140. The summed E-state index contributed by atoms with van der Waals surface area (Å²) in [5.41, 5.74) is 1.77. The van der Waals surface area contributed by atoms with Crippen molar-refractivity contribution >= 4 is 28.5 Å². The average Bonchev–Trinajstić information content (AvgIpc) is 3.37. The molecule has 30 heavy (non-hydrogen) atoms. The summed E-state index contributed by atoms with van der Waals surface area (Å²) in [6.07, 6.45) is 3.56. The van der Waals surface area contributed by atoms with Gasteiger partial charge in [0.2, 0.25) is 0 Å². The van der Waals surface area contributed by atoms with Crippen LogP contribution in [0.3, 0.4) is 0 Å². The number of methoxy groups -OCH3 is 1. The van der Waals surface area contributed by atoms with Crippen molar-refractivity contribution in [3.05, 3.63) is 53.7 Å². The fraction of sp³-hybridized carbons (Fsp3) is 0.391. The average molecular weight is 428 g/mol. The Kier molecular flexibility index (Phi) is 6.55. The largest absolute Gasteiger partial charge is 0.492 e. The van der Waals surface area contributed by atoms with Gasteiger partial charge in [0.15, 0.2) is 0 Å². The van der Waals surface area contributed by atoms with Crippen molar-refractivity contribution in [3.8, 4) is 11.4 Å². The number of hydrogen-bond acceptors (Lipinski definition) is 5. The lowest BCUT2D eigenvalue weighted by Crippen LogP contribution is -2.35. The van der Waals surface area contributed by atoms with E-state index in [1.54, 1.807) is 4.68 Å². The lowest BCUT2D eigenvalue weighted by Gasteiger charge is -2.24. The molecule has 1 fully saturated rings. The maximum Gasteiger partial charge on any atom is 0.305 e. The minimum absolute atomic E-state index is 0.146. The van der Waals surface area contributed by atoms with Gasteiger partial charge in [0, 0.05) is 17.8 Å². The minimum Gasteiger partial charge on any atom is -0.492 e. The number of likely N-dealkylation sites (tertiary alicyclic amines) is 1. The Bertz CT molecular complexity index is 1000. The zero-order valence-electron chi connectivity index (χ0n) is 17.1. The van der Waals surface area contributed by atoms with Crippen molar-refractivity contribution in [1.82, 2.24) is 14.7 Å². The monoisotopic (exact) mass is 427 g/mol. The van der Waals surface area contributed by atoms with Crippen LogP contribution in [0.4, 0.5) is 0 Å². The van der Waals surface area contributed by atoms with Crippen LogP contribution in [0.25, 0.3) is 16.6 Å². The normalized spacial score (nSPS) is 16.8. The third-order valence-corrected chi connectivity index (χ3v) is 5.96. The van der Waals surface area contributed by atoms with Gasteiger partial charge in [-0.25, -0.2) is 4.68 Å². The summed E-state index contributed by atoms with van der Waals surface area (Å²) >= 11 is 6.50. The molecule has 0 aliphatic carbocycles. The third-order valence-electron chi connectivity index (χ3n) is 5.60. The van der Waals surface area contributed by atoms with Gasteiger partial charge in [-0.3, -0.25) is 9.69 Å². The van der Waals surface area contributed by atoms with Gasteiger partial charge >= 0.3 is 5.97 Å². The van der Waals surface area contributed by atoms with Crippen molar-refractivity contribution in [2.75, 3.05) is 26.8 Å². The molecule has 0 unspecified atom stereocenters. The summed E-state index contributed by atoms with van der Waals surface area (Å²) in [5, 5.41) is 6.12. The van der Waals surface area contributed by atoms with Crippen LogP contribution in [0.5, 0.6) is 5.75 Å². The topological polar surface area (TPSA) is 56.6 Å². The molecule has 158 valence electrons. The lowest BCUT2D eigenvalue weighted by atomic mass is 10.2. The fourth-order valence-electron chi connectivity index (χ4n) is 3.95. The molecule has 1 aliphatic heterocycles. The number of carbonyl (C=O) groups is 1. The van der Waals surface area contributed by atoms with Crippen LogP contribution in [-0.2, 0) is 9.53 Å². The summed E-state index contributed by atoms with van der Waals surface area (Å²) in [5.74, 6) is 0.681. The van der Waals surface area contributed by atoms with Gasteiger partial charge in [-0.15, -0.1) is 0 Å². The molecule has 0 saturated carbocycles. The second-order valence-electron chi connectivity index (χ2n) is 7.54. The Hall–Kier alpha value is -2.57. The molecule has 6 nitrogen and oxygen atoms in total. The molecule has 1 atom stereocenters. The molecular weight excluding hydrogens is 402 g/mol. The predicted octanol–water partition coefficient (Wildman–Crippen LogP) is 4.48. The molecule has 1 aliphatic rings. The summed E-state index contributed by atoms with van der Waals surface area (Å²) in [6.45, 7) is 2.59. The molecule has 0 spiro atoms. The van der Waals surface area contributed by atoms with Crippen LogP contribution in [0.15, 0.2) is 48.5 Å². The SMILES string of the molecule is COC(=O)CCCN1CCC[C@@H]1COc1ccc(-n2nc3ccccc3c2Cl)cc1. The van der Waals surface area contributed by atoms with Gasteiger partial charge in [0.05, 0.1) is 18.3 Å². The molecule has 2 heterocycles. The van der Waals surface area contributed by atoms with E-state index in [1.165, 1.54) is 7.11 Å². The molecule has 4 rings (SSSR count). The van der Waals surface area contributed by atoms with Crippen LogP contribution < -0.4 is 4.74 Å². The predicted molar refractivity (Wildman–Crippen MR) is 117 cm³/mol. The molecule has 1 aromatic heterocycles. The Balaban J connectivity index is 1.34. The number of fused-ring (bicyclic) bond motifs is 1. The molecule has 0 bridgehead atoms. The van der Waals surface area contributed by atoms with E-state index in [9.17, 15) is 4.79 Å². The summed E-state index contributed by atoms with van der Waals surface area (Å²) in [4.78, 5) is 13.7. The van der Waals surface area contributed by atoms with Gasteiger partial charge in [-0.1, -0.05) is 23.7 Å². The van der Waals surface area contributed by atoms with Gasteiger partial charge in [0.1, 0.15) is 17.5 Å². The summed E-state index contributed by atoms with van der Waals surface area (Å²) < 4.78 is 12.5. The zero-order chi connectivity index (χ0) is 20.9. The van der Waals surface area contributed by atoms with E-state index < -0.39 is 0 Å². The first-order chi connectivity index (χ1) is 14.7. The minimum atomic E-state index is -0.146. The Labute approximate surface area is 181 Å². The van der Waals surface area contributed by atoms with Crippen LogP contribution in [0.1, 0.15) is 25.7 Å². The van der Waals surface area contributed by atoms with Gasteiger partial charge < -0.3 is 9.47 Å². The molecule has 0 N–H and O–H groups in total. The third kappa shape index (κ3) is 4.60. The smallest absolute Gasteiger partial charge is 0.305 e. The molecule has 1 saturated heterocycles. The van der Waals surface area contributed by atoms with Crippen molar-refractivity contribution in [2.45, 2.75) is 31.7 Å². The first-order valence-corrected chi connectivity index (χ1v) is 10.7. The number of ether oxygens (including phenoxy) is 2. The first-order valence-electron chi connectivity index (χ1n) is 10.3. The molecular formula is C23H26ClN3O3. The highest BCUT2D eigenvalue weighted by Crippen LogP contribution is 2.27. The highest BCUT2D eigenvalue weighted by molar-refractivity contribution is 6.34. The van der Waals surface area contributed by atoms with Crippen molar-refractivity contribution in [2.24, 2.45) is 0 Å². The van der Waals surface area contributed by atoms with Crippen LogP contribution >= 0.6 is 11.6 Å². The summed E-state index contributed by atoms with van der Waals surface area (Å²) in [6, 6.07) is 16.1. The van der Waals surface area contributed by atoms with Crippen molar-refractivity contribution in [1.29, 1.82) is 0 Å². The summed E-state index contributed by atoms with van der Waals surface area (Å²) in [7, 11) is 1.43. The highest BCUT2D eigenvalue weighted by atomic mass is 35.5. The van der Waals surface area contributed by atoms with Crippen LogP contribution in [0, 0.1) is 0 Å². The standard InChI is InChI=1S/C23H26ClN3O3/c1-29-22(28)9-5-15-26-14-4-6-18(26)16-30-19-12-10-17(11-13-19)27-23(24)20-7-2-3-8-21(20)25-27/h2-3,7-8,10-13,18H,4-6,9,14-16H2,1H3/t18-/m1/s1. The van der Waals surface area contributed by atoms with E-state index in [0.29, 0.717) is 24.2 Å². The fourth-order valence-corrected chi connectivity index (χ4v) is 4.25. The Morgan fingerprint density at radius 3 is 2.77 bits per heavy atom. The van der Waals surface area contributed by atoms with E-state index in [4.69, 9.17) is 21.1 Å². The highest BCUT2D eigenvalue weighted by Gasteiger charge is 2.24. The zero-order valence-corrected chi connectivity index (χ0v) is 17.8. The molecule has 0 radical (unpaired) electrons. The number of hydrogen-bond donors (Lipinski definition) is 0. The number of nitrogens with zero attached hydrogens (tertiary/aromatic N) is 3. The number of aromatic nitrogens is 2. The van der Waals surface area contributed by atoms with E-state index in [1.807, 2.05) is 48.5 Å². The first kappa shape index (κ1) is 20.7. The molecule has 0 amide bonds. The Morgan fingerprint density at radius 1 is 1.20 bits per heavy atom. The number of rotatable bonds is 8. The van der Waals surface area contributed by atoms with Crippen molar-refractivity contribution < 1.29 is 14.3 Å². The molecule has 2 aromatic carbocycles. The van der Waals surface area contributed by atoms with E-state index >= 15 is 0 Å². The maximum absolute atomic E-state index is 11.3. The number of carbonyl (C=O) groups excluding carboxylic acids is 1. The van der Waals surface area contributed by atoms with Gasteiger partial charge in [-0.2, -0.15) is 5.10 Å². The quantitative estimate of drug-likeness (QED) is 0.496. The second-order valence-corrected chi connectivity index (χ2v) is 7.89. The van der Waals surface area contributed by atoms with E-state index in [2.05, 4.69) is 10.00 Å². The Morgan fingerprint density at radius 2 is 2.00 bits per heavy atom. The molecule has 7 heteroatoms. The van der Waals surface area contributed by atoms with Gasteiger partial charge in [0.25, 0.3) is 0 Å².